The van der Waals surface area contributed by atoms with E-state index in [0.29, 0.717) is 11.3 Å². The molecule has 0 aliphatic rings. The van der Waals surface area contributed by atoms with Gasteiger partial charge >= 0.3 is 0 Å². The van der Waals surface area contributed by atoms with Gasteiger partial charge < -0.3 is 4.57 Å². The van der Waals surface area contributed by atoms with Gasteiger partial charge in [-0.2, -0.15) is 4.99 Å². The molecule has 27 heavy (non-hydrogen) atoms. The Labute approximate surface area is 162 Å². The molecule has 7 heteroatoms. The molecule has 0 spiro atoms. The smallest absolute Gasteiger partial charge is 0.279 e. The number of fused-ring (bicyclic) bond motifs is 1. The fourth-order valence-electron chi connectivity index (χ4n) is 2.74. The van der Waals surface area contributed by atoms with Crippen LogP contribution in [-0.4, -0.2) is 25.1 Å². The van der Waals surface area contributed by atoms with Crippen molar-refractivity contribution < 1.29 is 13.2 Å². The van der Waals surface area contributed by atoms with Gasteiger partial charge in [-0.25, -0.2) is 8.42 Å². The summed E-state index contributed by atoms with van der Waals surface area (Å²) in [6, 6.07) is 12.2. The van der Waals surface area contributed by atoms with E-state index in [1.54, 1.807) is 18.2 Å². The second-order valence-electron chi connectivity index (χ2n) is 6.16. The number of amides is 1. The van der Waals surface area contributed by atoms with Crippen molar-refractivity contribution in [3.63, 3.8) is 0 Å². The molecule has 0 bridgehead atoms. The van der Waals surface area contributed by atoms with Gasteiger partial charge in [0.1, 0.15) is 0 Å². The number of nitrogens with zero attached hydrogens (tertiary/aromatic N) is 2. The lowest BCUT2D eigenvalue weighted by Gasteiger charge is -2.02. The first-order valence-electron chi connectivity index (χ1n) is 8.46. The number of thiazole rings is 1. The van der Waals surface area contributed by atoms with Crippen molar-refractivity contribution in [3.8, 4) is 0 Å². The van der Waals surface area contributed by atoms with Crippen molar-refractivity contribution in [2.45, 2.75) is 24.8 Å². The number of benzene rings is 2. The van der Waals surface area contributed by atoms with Gasteiger partial charge in [-0.3, -0.25) is 4.79 Å². The van der Waals surface area contributed by atoms with E-state index in [2.05, 4.69) is 30.6 Å². The molecule has 140 valence electrons. The molecule has 1 aromatic heterocycles. The lowest BCUT2D eigenvalue weighted by Crippen LogP contribution is -2.16. The third kappa shape index (κ3) is 4.09. The minimum atomic E-state index is -3.39. The van der Waals surface area contributed by atoms with Gasteiger partial charge in [-0.05, 0) is 42.3 Å². The molecule has 0 atom stereocenters. The molecule has 3 aromatic rings. The highest BCUT2D eigenvalue weighted by Gasteiger charge is 2.12. The number of carbonyl (C=O) groups is 1. The zero-order valence-corrected chi connectivity index (χ0v) is 16.8. The van der Waals surface area contributed by atoms with Crippen LogP contribution >= 0.6 is 11.3 Å². The zero-order valence-electron chi connectivity index (χ0n) is 15.2. The van der Waals surface area contributed by atoms with E-state index in [9.17, 15) is 13.2 Å². The maximum Gasteiger partial charge on any atom is 0.279 e. The minimum Gasteiger partial charge on any atom is -0.312 e. The SMILES string of the molecule is C=CCn1c(=NC(=O)c2cccc(S(C)(=O)=O)c2)sc2cc(CC)ccc21. The Morgan fingerprint density at radius 3 is 2.70 bits per heavy atom. The van der Waals surface area contributed by atoms with E-state index in [-0.39, 0.29) is 10.5 Å². The molecule has 0 saturated carbocycles. The second kappa shape index (κ2) is 7.62. The Morgan fingerprint density at radius 2 is 2.04 bits per heavy atom. The van der Waals surface area contributed by atoms with Crippen LogP contribution in [0, 0.1) is 0 Å². The molecule has 0 fully saturated rings. The van der Waals surface area contributed by atoms with Gasteiger partial charge in [-0.1, -0.05) is 36.5 Å². The van der Waals surface area contributed by atoms with Gasteiger partial charge in [0.2, 0.25) is 0 Å². The van der Waals surface area contributed by atoms with Gasteiger partial charge in [0.15, 0.2) is 14.6 Å². The molecule has 1 heterocycles. The molecule has 0 aliphatic carbocycles. The molecular weight excluding hydrogens is 380 g/mol. The molecule has 0 unspecified atom stereocenters. The summed E-state index contributed by atoms with van der Waals surface area (Å²) in [6.45, 7) is 6.41. The Bertz CT molecular complexity index is 1200. The number of allylic oxidation sites excluding steroid dienone is 1. The van der Waals surface area contributed by atoms with E-state index >= 15 is 0 Å². The maximum atomic E-state index is 12.7. The van der Waals surface area contributed by atoms with Crippen molar-refractivity contribution in [3.05, 3.63) is 71.0 Å². The Morgan fingerprint density at radius 1 is 1.26 bits per heavy atom. The molecule has 3 rings (SSSR count). The molecule has 0 radical (unpaired) electrons. The van der Waals surface area contributed by atoms with Crippen LogP contribution in [0.15, 0.2) is 65.0 Å². The van der Waals surface area contributed by atoms with Gasteiger partial charge in [-0.15, -0.1) is 6.58 Å². The van der Waals surface area contributed by atoms with E-state index in [0.717, 1.165) is 22.9 Å². The molecule has 1 amide bonds. The number of rotatable bonds is 5. The number of carbonyl (C=O) groups excluding carboxylic acids is 1. The first-order chi connectivity index (χ1) is 12.8. The van der Waals surface area contributed by atoms with Crippen molar-refractivity contribution in [1.29, 1.82) is 0 Å². The van der Waals surface area contributed by atoms with Crippen molar-refractivity contribution in [2.75, 3.05) is 6.26 Å². The summed E-state index contributed by atoms with van der Waals surface area (Å²) in [5.74, 6) is -0.472. The average Bonchev–Trinajstić information content (AvgIpc) is 2.97. The number of aryl methyl sites for hydroxylation is 1. The third-order valence-corrected chi connectivity index (χ3v) is 6.32. The molecule has 0 N–H and O–H groups in total. The monoisotopic (exact) mass is 400 g/mol. The van der Waals surface area contributed by atoms with Gasteiger partial charge in [0, 0.05) is 18.4 Å². The highest BCUT2D eigenvalue weighted by Crippen LogP contribution is 2.20. The van der Waals surface area contributed by atoms with Crippen LogP contribution in [0.4, 0.5) is 0 Å². The van der Waals surface area contributed by atoms with Crippen LogP contribution in [0.1, 0.15) is 22.8 Å². The van der Waals surface area contributed by atoms with Crippen molar-refractivity contribution >= 4 is 37.3 Å². The first kappa shape index (κ1) is 19.3. The number of sulfone groups is 1. The summed E-state index contributed by atoms with van der Waals surface area (Å²) in [5, 5.41) is 0. The van der Waals surface area contributed by atoms with Crippen molar-refractivity contribution in [1.82, 2.24) is 4.57 Å². The summed E-state index contributed by atoms with van der Waals surface area (Å²) in [7, 11) is -3.39. The Balaban J connectivity index is 2.13. The predicted molar refractivity (Wildman–Crippen MR) is 109 cm³/mol. The van der Waals surface area contributed by atoms with Crippen LogP contribution in [-0.2, 0) is 22.8 Å². The van der Waals surface area contributed by atoms with Gasteiger partial charge in [0.25, 0.3) is 5.91 Å². The summed E-state index contributed by atoms with van der Waals surface area (Å²) >= 11 is 1.44. The van der Waals surface area contributed by atoms with E-state index in [1.807, 2.05) is 10.6 Å². The topological polar surface area (TPSA) is 68.5 Å². The van der Waals surface area contributed by atoms with E-state index in [1.165, 1.54) is 29.0 Å². The predicted octanol–water partition coefficient (Wildman–Crippen LogP) is 3.60. The maximum absolute atomic E-state index is 12.7. The van der Waals surface area contributed by atoms with Crippen molar-refractivity contribution in [2.24, 2.45) is 4.99 Å². The molecular formula is C20H20N2O3S2. The molecule has 2 aromatic carbocycles. The molecule has 5 nitrogen and oxygen atoms in total. The number of aromatic nitrogens is 1. The fourth-order valence-corrected chi connectivity index (χ4v) is 4.51. The highest BCUT2D eigenvalue weighted by molar-refractivity contribution is 7.90. The zero-order chi connectivity index (χ0) is 19.6. The third-order valence-electron chi connectivity index (χ3n) is 4.17. The van der Waals surface area contributed by atoms with Crippen LogP contribution in [0.3, 0.4) is 0 Å². The second-order valence-corrected chi connectivity index (χ2v) is 9.18. The number of hydrogen-bond acceptors (Lipinski definition) is 4. The quantitative estimate of drug-likeness (QED) is 0.615. The van der Waals surface area contributed by atoms with E-state index < -0.39 is 15.7 Å². The standard InChI is InChI=1S/C20H20N2O3S2/c1-4-11-22-17-10-9-14(5-2)12-18(17)26-20(22)21-19(23)15-7-6-8-16(13-15)27(3,24)25/h4,6-10,12-13H,1,5,11H2,2-3H3. The summed E-state index contributed by atoms with van der Waals surface area (Å²) < 4.78 is 26.4. The lowest BCUT2D eigenvalue weighted by atomic mass is 10.2. The molecule has 0 saturated heterocycles. The summed E-state index contributed by atoms with van der Waals surface area (Å²) in [6.07, 6.45) is 3.80. The lowest BCUT2D eigenvalue weighted by molar-refractivity contribution is 0.0997. The minimum absolute atomic E-state index is 0.103. The largest absolute Gasteiger partial charge is 0.312 e. The summed E-state index contributed by atoms with van der Waals surface area (Å²) in [4.78, 5) is 17.6. The fraction of sp³-hybridized carbons (Fsp3) is 0.200. The molecule has 0 aliphatic heterocycles. The van der Waals surface area contributed by atoms with Crippen LogP contribution in [0.25, 0.3) is 10.2 Å². The number of hydrogen-bond donors (Lipinski definition) is 0. The van der Waals surface area contributed by atoms with E-state index in [4.69, 9.17) is 0 Å². The van der Waals surface area contributed by atoms with Gasteiger partial charge in [0.05, 0.1) is 15.1 Å². The Kier molecular flexibility index (Phi) is 5.43. The van der Waals surface area contributed by atoms with Crippen LogP contribution < -0.4 is 4.80 Å². The Hall–Kier alpha value is -2.51. The highest BCUT2D eigenvalue weighted by atomic mass is 32.2. The first-order valence-corrected chi connectivity index (χ1v) is 11.2. The van der Waals surface area contributed by atoms with Crippen LogP contribution in [0.5, 0.6) is 0 Å². The summed E-state index contributed by atoms with van der Waals surface area (Å²) in [5.41, 5.74) is 2.46. The van der Waals surface area contributed by atoms with Crippen LogP contribution in [0.2, 0.25) is 0 Å². The average molecular weight is 401 g/mol. The normalized spacial score (nSPS) is 12.4.